The van der Waals surface area contributed by atoms with E-state index in [1.807, 2.05) is 14.0 Å². The third-order valence-corrected chi connectivity index (χ3v) is 2.90. The van der Waals surface area contributed by atoms with Crippen LogP contribution in [0.4, 0.5) is 0 Å². The summed E-state index contributed by atoms with van der Waals surface area (Å²) in [5.41, 5.74) is 0.831. The van der Waals surface area contributed by atoms with Crippen molar-refractivity contribution in [3.8, 4) is 0 Å². The summed E-state index contributed by atoms with van der Waals surface area (Å²) in [6, 6.07) is 0. The van der Waals surface area contributed by atoms with E-state index in [2.05, 4.69) is 0 Å². The Kier molecular flexibility index (Phi) is 3.79. The third-order valence-electron chi connectivity index (χ3n) is 2.48. The smallest absolute Gasteiger partial charge is 0.250 e. The largest absolute Gasteiger partial charge is 0.342 e. The van der Waals surface area contributed by atoms with Gasteiger partial charge in [0.2, 0.25) is 0 Å². The molecule has 0 atom stereocenters. The third kappa shape index (κ3) is 2.47. The molecule has 3 heteroatoms. The Morgan fingerprint density at radius 1 is 1.46 bits per heavy atom. The molecule has 0 aromatic rings. The zero-order valence-electron chi connectivity index (χ0n) is 8.27. The molecule has 0 bridgehead atoms. The molecule has 1 amide bonds. The molecule has 0 N–H and O–H groups in total. The molecule has 0 fully saturated rings. The van der Waals surface area contributed by atoms with E-state index in [0.717, 1.165) is 42.8 Å². The van der Waals surface area contributed by atoms with E-state index < -0.39 is 0 Å². The first-order chi connectivity index (χ1) is 6.16. The number of carbonyl (C=O) groups is 1. The topological polar surface area (TPSA) is 20.3 Å². The highest BCUT2D eigenvalue weighted by atomic mass is 35.5. The lowest BCUT2D eigenvalue weighted by atomic mass is 9.98. The van der Waals surface area contributed by atoms with Gasteiger partial charge in [0.1, 0.15) is 0 Å². The van der Waals surface area contributed by atoms with Crippen LogP contribution < -0.4 is 0 Å². The number of allylic oxidation sites excluding steroid dienone is 1. The van der Waals surface area contributed by atoms with Crippen LogP contribution in [-0.2, 0) is 4.79 Å². The summed E-state index contributed by atoms with van der Waals surface area (Å²) < 4.78 is 0. The van der Waals surface area contributed by atoms with Gasteiger partial charge in [-0.2, -0.15) is 0 Å². The Bertz CT molecular complexity index is 235. The molecule has 0 unspecified atom stereocenters. The monoisotopic (exact) mass is 201 g/mol. The molecular weight excluding hydrogens is 186 g/mol. The SMILES string of the molecule is CCN(C)C(=O)C1=C(Cl)CCCC1. The minimum Gasteiger partial charge on any atom is -0.342 e. The molecule has 0 aromatic heterocycles. The van der Waals surface area contributed by atoms with Crippen LogP contribution in [0.5, 0.6) is 0 Å². The summed E-state index contributed by atoms with van der Waals surface area (Å²) in [4.78, 5) is 13.4. The predicted octanol–water partition coefficient (Wildman–Crippen LogP) is 2.53. The van der Waals surface area contributed by atoms with Crippen LogP contribution in [0.2, 0.25) is 0 Å². The van der Waals surface area contributed by atoms with E-state index in [1.54, 1.807) is 4.90 Å². The fourth-order valence-corrected chi connectivity index (χ4v) is 1.77. The van der Waals surface area contributed by atoms with Crippen molar-refractivity contribution >= 4 is 17.5 Å². The zero-order valence-corrected chi connectivity index (χ0v) is 9.02. The number of rotatable bonds is 2. The quantitative estimate of drug-likeness (QED) is 0.673. The van der Waals surface area contributed by atoms with E-state index in [-0.39, 0.29) is 5.91 Å². The van der Waals surface area contributed by atoms with Gasteiger partial charge in [-0.1, -0.05) is 11.6 Å². The highest BCUT2D eigenvalue weighted by Crippen LogP contribution is 2.28. The highest BCUT2D eigenvalue weighted by molar-refractivity contribution is 6.31. The molecule has 1 rings (SSSR count). The number of carbonyl (C=O) groups excluding carboxylic acids is 1. The zero-order chi connectivity index (χ0) is 9.84. The summed E-state index contributed by atoms with van der Waals surface area (Å²) in [6.07, 6.45) is 3.93. The highest BCUT2D eigenvalue weighted by Gasteiger charge is 2.19. The molecule has 0 aromatic carbocycles. The summed E-state index contributed by atoms with van der Waals surface area (Å²) in [5, 5.41) is 0.775. The van der Waals surface area contributed by atoms with Crippen molar-refractivity contribution in [2.24, 2.45) is 0 Å². The Morgan fingerprint density at radius 3 is 2.62 bits per heavy atom. The van der Waals surface area contributed by atoms with E-state index in [0.29, 0.717) is 0 Å². The first kappa shape index (κ1) is 10.6. The second-order valence-corrected chi connectivity index (χ2v) is 3.87. The maximum absolute atomic E-state index is 11.7. The Labute approximate surface area is 84.6 Å². The fourth-order valence-electron chi connectivity index (χ4n) is 1.47. The lowest BCUT2D eigenvalue weighted by molar-refractivity contribution is -0.125. The number of hydrogen-bond acceptors (Lipinski definition) is 1. The number of likely N-dealkylation sites (N-methyl/N-ethyl adjacent to an activating group) is 1. The normalized spacial score (nSPS) is 17.5. The summed E-state index contributed by atoms with van der Waals surface area (Å²) >= 11 is 6.01. The van der Waals surface area contributed by atoms with Gasteiger partial charge in [-0.15, -0.1) is 0 Å². The van der Waals surface area contributed by atoms with E-state index >= 15 is 0 Å². The molecule has 0 saturated carbocycles. The molecule has 0 heterocycles. The molecule has 0 aliphatic heterocycles. The number of amides is 1. The lowest BCUT2D eigenvalue weighted by Crippen LogP contribution is -2.28. The number of halogens is 1. The molecule has 0 saturated heterocycles. The van der Waals surface area contributed by atoms with Crippen LogP contribution in [0.3, 0.4) is 0 Å². The van der Waals surface area contributed by atoms with Crippen molar-refractivity contribution in [2.45, 2.75) is 32.6 Å². The average Bonchev–Trinajstić information content (AvgIpc) is 2.16. The second-order valence-electron chi connectivity index (χ2n) is 3.41. The molecule has 2 nitrogen and oxygen atoms in total. The van der Waals surface area contributed by atoms with Gasteiger partial charge in [0, 0.05) is 24.2 Å². The van der Waals surface area contributed by atoms with Crippen LogP contribution in [-0.4, -0.2) is 24.4 Å². The van der Waals surface area contributed by atoms with Crippen LogP contribution >= 0.6 is 11.6 Å². The van der Waals surface area contributed by atoms with Gasteiger partial charge in [-0.25, -0.2) is 0 Å². The standard InChI is InChI=1S/C10H16ClNO/c1-3-12(2)10(13)8-6-4-5-7-9(8)11/h3-7H2,1-2H3. The molecular formula is C10H16ClNO. The number of nitrogens with zero attached hydrogens (tertiary/aromatic N) is 1. The van der Waals surface area contributed by atoms with E-state index in [4.69, 9.17) is 11.6 Å². The van der Waals surface area contributed by atoms with Gasteiger partial charge in [-0.05, 0) is 32.6 Å². The lowest BCUT2D eigenvalue weighted by Gasteiger charge is -2.20. The van der Waals surface area contributed by atoms with Gasteiger partial charge < -0.3 is 4.90 Å². The second kappa shape index (κ2) is 4.66. The Hall–Kier alpha value is -0.500. The van der Waals surface area contributed by atoms with Crippen molar-refractivity contribution in [2.75, 3.05) is 13.6 Å². The van der Waals surface area contributed by atoms with Gasteiger partial charge in [0.05, 0.1) is 0 Å². The predicted molar refractivity (Wildman–Crippen MR) is 54.7 cm³/mol. The Balaban J connectivity index is 2.74. The molecule has 74 valence electrons. The van der Waals surface area contributed by atoms with Crippen LogP contribution in [0, 0.1) is 0 Å². The molecule has 0 radical (unpaired) electrons. The summed E-state index contributed by atoms with van der Waals surface area (Å²) in [7, 11) is 1.81. The minimum absolute atomic E-state index is 0.104. The van der Waals surface area contributed by atoms with Crippen molar-refractivity contribution < 1.29 is 4.79 Å². The molecule has 1 aliphatic rings. The first-order valence-electron chi connectivity index (χ1n) is 4.79. The molecule has 0 spiro atoms. The number of hydrogen-bond donors (Lipinski definition) is 0. The summed E-state index contributed by atoms with van der Waals surface area (Å²) in [6.45, 7) is 2.71. The first-order valence-corrected chi connectivity index (χ1v) is 5.17. The van der Waals surface area contributed by atoms with E-state index in [1.165, 1.54) is 0 Å². The molecule has 1 aliphatic carbocycles. The van der Waals surface area contributed by atoms with Gasteiger partial charge in [0.25, 0.3) is 5.91 Å². The van der Waals surface area contributed by atoms with Crippen LogP contribution in [0.15, 0.2) is 10.6 Å². The average molecular weight is 202 g/mol. The van der Waals surface area contributed by atoms with Crippen LogP contribution in [0.25, 0.3) is 0 Å². The van der Waals surface area contributed by atoms with Gasteiger partial charge in [0.15, 0.2) is 0 Å². The van der Waals surface area contributed by atoms with Crippen molar-refractivity contribution in [1.29, 1.82) is 0 Å². The maximum atomic E-state index is 11.7. The maximum Gasteiger partial charge on any atom is 0.250 e. The van der Waals surface area contributed by atoms with Gasteiger partial charge >= 0.3 is 0 Å². The van der Waals surface area contributed by atoms with E-state index in [9.17, 15) is 4.79 Å². The minimum atomic E-state index is 0.104. The van der Waals surface area contributed by atoms with Crippen molar-refractivity contribution in [1.82, 2.24) is 4.90 Å². The van der Waals surface area contributed by atoms with Crippen molar-refractivity contribution in [3.63, 3.8) is 0 Å². The molecule has 13 heavy (non-hydrogen) atoms. The Morgan fingerprint density at radius 2 is 2.08 bits per heavy atom. The van der Waals surface area contributed by atoms with Crippen molar-refractivity contribution in [3.05, 3.63) is 10.6 Å². The fraction of sp³-hybridized carbons (Fsp3) is 0.700. The van der Waals surface area contributed by atoms with Crippen LogP contribution in [0.1, 0.15) is 32.6 Å². The summed E-state index contributed by atoms with van der Waals surface area (Å²) in [5.74, 6) is 0.104. The van der Waals surface area contributed by atoms with Gasteiger partial charge in [-0.3, -0.25) is 4.79 Å².